The van der Waals surface area contributed by atoms with E-state index in [2.05, 4.69) is 61.6 Å². The number of rotatable bonds is 4. The smallest absolute Gasteiger partial charge is 0.224 e. The van der Waals surface area contributed by atoms with Gasteiger partial charge in [0.2, 0.25) is 5.91 Å². The third-order valence-corrected chi connectivity index (χ3v) is 4.59. The summed E-state index contributed by atoms with van der Waals surface area (Å²) in [7, 11) is 0. The maximum atomic E-state index is 12.3. The van der Waals surface area contributed by atoms with Gasteiger partial charge in [-0.3, -0.25) is 4.79 Å². The van der Waals surface area contributed by atoms with Crippen LogP contribution in [0.2, 0.25) is 0 Å². The predicted octanol–water partition coefficient (Wildman–Crippen LogP) is 4.88. The van der Waals surface area contributed by atoms with E-state index in [1.807, 2.05) is 25.1 Å². The lowest BCUT2D eigenvalue weighted by atomic mass is 10.0. The normalized spacial score (nSPS) is 12.1. The Hall–Kier alpha value is -2.61. The van der Waals surface area contributed by atoms with Gasteiger partial charge in [-0.05, 0) is 59.9 Å². The molecule has 0 spiro atoms. The lowest BCUT2D eigenvalue weighted by Crippen LogP contribution is -2.28. The summed E-state index contributed by atoms with van der Waals surface area (Å²) in [5.41, 5.74) is 4.66. The average Bonchev–Trinajstić information content (AvgIpc) is 2.57. The number of benzene rings is 3. The zero-order valence-electron chi connectivity index (χ0n) is 14.5. The molecule has 0 fully saturated rings. The Morgan fingerprint density at radius 2 is 1.67 bits per heavy atom. The van der Waals surface area contributed by atoms with Crippen LogP contribution in [-0.2, 0) is 11.2 Å². The van der Waals surface area contributed by atoms with Crippen LogP contribution in [0.3, 0.4) is 0 Å². The number of carbonyl (C=O) groups excluding carboxylic acids is 1. The first kappa shape index (κ1) is 16.3. The Morgan fingerprint density at radius 3 is 2.42 bits per heavy atom. The molecule has 0 aliphatic rings. The number of hydrogen-bond donors (Lipinski definition) is 1. The van der Waals surface area contributed by atoms with Gasteiger partial charge < -0.3 is 5.32 Å². The van der Waals surface area contributed by atoms with Crippen LogP contribution in [0.1, 0.15) is 35.2 Å². The second-order valence-corrected chi connectivity index (χ2v) is 6.49. The number of hydrogen-bond acceptors (Lipinski definition) is 1. The van der Waals surface area contributed by atoms with Crippen LogP contribution in [-0.4, -0.2) is 5.91 Å². The molecule has 0 aliphatic carbocycles. The highest BCUT2D eigenvalue weighted by molar-refractivity contribution is 5.83. The van der Waals surface area contributed by atoms with Crippen LogP contribution in [0.4, 0.5) is 0 Å². The molecule has 0 aromatic heterocycles. The highest BCUT2D eigenvalue weighted by Gasteiger charge is 2.11. The van der Waals surface area contributed by atoms with Gasteiger partial charge >= 0.3 is 0 Å². The van der Waals surface area contributed by atoms with E-state index < -0.39 is 0 Å². The Kier molecular flexibility index (Phi) is 4.66. The summed E-state index contributed by atoms with van der Waals surface area (Å²) in [6.07, 6.45) is 0.416. The molecule has 3 aromatic carbocycles. The van der Waals surface area contributed by atoms with E-state index >= 15 is 0 Å². The number of carbonyl (C=O) groups is 1. The lowest BCUT2D eigenvalue weighted by Gasteiger charge is -2.15. The first-order valence-electron chi connectivity index (χ1n) is 8.37. The van der Waals surface area contributed by atoms with Crippen LogP contribution in [0, 0.1) is 13.8 Å². The zero-order chi connectivity index (χ0) is 17.1. The van der Waals surface area contributed by atoms with E-state index in [-0.39, 0.29) is 11.9 Å². The average molecular weight is 317 g/mol. The van der Waals surface area contributed by atoms with Gasteiger partial charge in [-0.15, -0.1) is 0 Å². The molecule has 1 atom stereocenters. The van der Waals surface area contributed by atoms with Crippen molar-refractivity contribution in [3.63, 3.8) is 0 Å². The lowest BCUT2D eigenvalue weighted by molar-refractivity contribution is -0.121. The largest absolute Gasteiger partial charge is 0.349 e. The maximum Gasteiger partial charge on any atom is 0.224 e. The van der Waals surface area contributed by atoms with Gasteiger partial charge in [-0.2, -0.15) is 0 Å². The summed E-state index contributed by atoms with van der Waals surface area (Å²) >= 11 is 0. The third-order valence-electron chi connectivity index (χ3n) is 4.59. The molecule has 1 amide bonds. The minimum absolute atomic E-state index is 0.00588. The van der Waals surface area contributed by atoms with E-state index in [9.17, 15) is 4.79 Å². The Labute approximate surface area is 143 Å². The van der Waals surface area contributed by atoms with E-state index in [4.69, 9.17) is 0 Å². The second-order valence-electron chi connectivity index (χ2n) is 6.49. The van der Waals surface area contributed by atoms with Crippen molar-refractivity contribution in [3.8, 4) is 0 Å². The maximum absolute atomic E-state index is 12.3. The van der Waals surface area contributed by atoms with E-state index in [1.54, 1.807) is 0 Å². The van der Waals surface area contributed by atoms with E-state index in [0.717, 1.165) is 11.1 Å². The molecule has 3 aromatic rings. The molecule has 1 unspecified atom stereocenters. The molecule has 2 heteroatoms. The molecular formula is C22H23NO. The molecule has 2 nitrogen and oxygen atoms in total. The van der Waals surface area contributed by atoms with E-state index in [1.165, 1.54) is 21.9 Å². The topological polar surface area (TPSA) is 29.1 Å². The summed E-state index contributed by atoms with van der Waals surface area (Å²) in [5, 5.41) is 5.52. The van der Waals surface area contributed by atoms with Crippen LogP contribution >= 0.6 is 0 Å². The highest BCUT2D eigenvalue weighted by Crippen LogP contribution is 2.20. The minimum atomic E-state index is -0.00588. The monoisotopic (exact) mass is 317 g/mol. The highest BCUT2D eigenvalue weighted by atomic mass is 16.1. The fourth-order valence-corrected chi connectivity index (χ4v) is 2.95. The third kappa shape index (κ3) is 3.65. The molecule has 0 aliphatic heterocycles. The van der Waals surface area contributed by atoms with Crippen molar-refractivity contribution < 1.29 is 4.79 Å². The Bertz CT molecular complexity index is 882. The van der Waals surface area contributed by atoms with Gasteiger partial charge in [0.25, 0.3) is 0 Å². The van der Waals surface area contributed by atoms with Crippen molar-refractivity contribution in [3.05, 3.63) is 82.9 Å². The summed E-state index contributed by atoms with van der Waals surface area (Å²) in [4.78, 5) is 12.3. The van der Waals surface area contributed by atoms with Gasteiger partial charge in [-0.25, -0.2) is 0 Å². The number of aryl methyl sites for hydroxylation is 2. The van der Waals surface area contributed by atoms with Crippen molar-refractivity contribution in [2.75, 3.05) is 0 Å². The molecule has 3 rings (SSSR count). The van der Waals surface area contributed by atoms with E-state index in [0.29, 0.717) is 6.42 Å². The standard InChI is InChI=1S/C22H23NO/c1-15-8-9-18(12-16(15)2)13-22(24)23-17(3)20-11-10-19-6-4-5-7-21(19)14-20/h4-12,14,17H,13H2,1-3H3,(H,23,24). The molecule has 0 radical (unpaired) electrons. The van der Waals surface area contributed by atoms with Crippen LogP contribution in [0.15, 0.2) is 60.7 Å². The summed E-state index contributed by atoms with van der Waals surface area (Å²) in [6, 6.07) is 20.8. The molecule has 0 heterocycles. The molecule has 122 valence electrons. The molecule has 0 bridgehead atoms. The van der Waals surface area contributed by atoms with Crippen LogP contribution in [0.5, 0.6) is 0 Å². The van der Waals surface area contributed by atoms with Crippen molar-refractivity contribution >= 4 is 16.7 Å². The molecule has 24 heavy (non-hydrogen) atoms. The van der Waals surface area contributed by atoms with Gasteiger partial charge in [-0.1, -0.05) is 54.6 Å². The molecule has 0 saturated carbocycles. The Balaban J connectivity index is 1.69. The Morgan fingerprint density at radius 1 is 0.917 bits per heavy atom. The van der Waals surface area contributed by atoms with Gasteiger partial charge in [0.15, 0.2) is 0 Å². The van der Waals surface area contributed by atoms with Crippen LogP contribution in [0.25, 0.3) is 10.8 Å². The van der Waals surface area contributed by atoms with Crippen molar-refractivity contribution in [1.82, 2.24) is 5.32 Å². The molecule has 0 saturated heterocycles. The predicted molar refractivity (Wildman–Crippen MR) is 100 cm³/mol. The number of amides is 1. The van der Waals surface area contributed by atoms with Crippen LogP contribution < -0.4 is 5.32 Å². The van der Waals surface area contributed by atoms with Crippen molar-refractivity contribution in [2.45, 2.75) is 33.2 Å². The van der Waals surface area contributed by atoms with Crippen molar-refractivity contribution in [2.24, 2.45) is 0 Å². The first-order chi connectivity index (χ1) is 11.5. The van der Waals surface area contributed by atoms with Crippen molar-refractivity contribution in [1.29, 1.82) is 0 Å². The number of nitrogens with one attached hydrogen (secondary N) is 1. The SMILES string of the molecule is Cc1ccc(CC(=O)NC(C)c2ccc3ccccc3c2)cc1C. The fraction of sp³-hybridized carbons (Fsp3) is 0.227. The number of fused-ring (bicyclic) bond motifs is 1. The van der Waals surface area contributed by atoms with Gasteiger partial charge in [0, 0.05) is 0 Å². The summed E-state index contributed by atoms with van der Waals surface area (Å²) < 4.78 is 0. The quantitative estimate of drug-likeness (QED) is 0.730. The summed E-state index contributed by atoms with van der Waals surface area (Å²) in [6.45, 7) is 6.19. The molecule has 1 N–H and O–H groups in total. The zero-order valence-corrected chi connectivity index (χ0v) is 14.5. The first-order valence-corrected chi connectivity index (χ1v) is 8.37. The fourth-order valence-electron chi connectivity index (χ4n) is 2.95. The van der Waals surface area contributed by atoms with Gasteiger partial charge in [0.05, 0.1) is 12.5 Å². The second kappa shape index (κ2) is 6.88. The van der Waals surface area contributed by atoms with Gasteiger partial charge in [0.1, 0.15) is 0 Å². The summed E-state index contributed by atoms with van der Waals surface area (Å²) in [5.74, 6) is 0.0545. The minimum Gasteiger partial charge on any atom is -0.349 e. The molecular weight excluding hydrogens is 294 g/mol.